The molecule has 1 aromatic carbocycles. The standard InChI is InChI=1S/C14H23NO3/c1-4-14(17,5-2)10-15-9-11-6-7-12(16)13(8-11)18-3/h6-8,15-17H,4-5,9-10H2,1-3H3. The molecule has 0 aliphatic carbocycles. The van der Waals surface area contributed by atoms with Crippen LogP contribution in [0.25, 0.3) is 0 Å². The van der Waals surface area contributed by atoms with Crippen molar-refractivity contribution >= 4 is 0 Å². The van der Waals surface area contributed by atoms with Crippen LogP contribution in [-0.4, -0.2) is 29.5 Å². The Labute approximate surface area is 109 Å². The maximum Gasteiger partial charge on any atom is 0.160 e. The van der Waals surface area contributed by atoms with Crippen LogP contribution in [0.1, 0.15) is 32.3 Å². The number of benzene rings is 1. The van der Waals surface area contributed by atoms with Crippen molar-refractivity contribution in [3.63, 3.8) is 0 Å². The van der Waals surface area contributed by atoms with Gasteiger partial charge in [0.05, 0.1) is 12.7 Å². The molecule has 0 amide bonds. The Balaban J connectivity index is 2.54. The number of ether oxygens (including phenoxy) is 1. The molecular formula is C14H23NO3. The molecule has 0 heterocycles. The highest BCUT2D eigenvalue weighted by Crippen LogP contribution is 2.26. The van der Waals surface area contributed by atoms with Gasteiger partial charge in [-0.3, -0.25) is 0 Å². The topological polar surface area (TPSA) is 61.7 Å². The lowest BCUT2D eigenvalue weighted by Crippen LogP contribution is -2.39. The van der Waals surface area contributed by atoms with Gasteiger partial charge in [-0.05, 0) is 30.5 Å². The number of hydrogen-bond donors (Lipinski definition) is 3. The fourth-order valence-electron chi connectivity index (χ4n) is 1.77. The number of nitrogens with one attached hydrogen (secondary N) is 1. The summed E-state index contributed by atoms with van der Waals surface area (Å²) in [5.41, 5.74) is 0.375. The molecule has 102 valence electrons. The minimum absolute atomic E-state index is 0.139. The fourth-order valence-corrected chi connectivity index (χ4v) is 1.77. The van der Waals surface area contributed by atoms with E-state index in [0.29, 0.717) is 18.8 Å². The molecule has 1 aromatic rings. The monoisotopic (exact) mass is 253 g/mol. The Morgan fingerprint density at radius 1 is 1.28 bits per heavy atom. The fraction of sp³-hybridized carbons (Fsp3) is 0.571. The molecule has 0 bridgehead atoms. The Kier molecular flexibility index (Phi) is 5.44. The zero-order valence-electron chi connectivity index (χ0n) is 11.4. The number of hydrogen-bond acceptors (Lipinski definition) is 4. The van der Waals surface area contributed by atoms with Crippen LogP contribution < -0.4 is 10.1 Å². The first kappa shape index (κ1) is 14.8. The first-order chi connectivity index (χ1) is 8.54. The third-order valence-corrected chi connectivity index (χ3v) is 3.34. The molecule has 0 spiro atoms. The number of aliphatic hydroxyl groups is 1. The molecule has 1 rings (SSSR count). The summed E-state index contributed by atoms with van der Waals surface area (Å²) in [6, 6.07) is 5.24. The molecule has 0 aromatic heterocycles. The van der Waals surface area contributed by atoms with Crippen LogP contribution in [0.5, 0.6) is 11.5 Å². The third kappa shape index (κ3) is 3.89. The van der Waals surface area contributed by atoms with E-state index in [0.717, 1.165) is 18.4 Å². The molecule has 0 saturated heterocycles. The van der Waals surface area contributed by atoms with Crippen molar-refractivity contribution in [1.29, 1.82) is 0 Å². The number of phenols is 1. The average molecular weight is 253 g/mol. The highest BCUT2D eigenvalue weighted by molar-refractivity contribution is 5.41. The van der Waals surface area contributed by atoms with E-state index in [1.165, 1.54) is 7.11 Å². The first-order valence-corrected chi connectivity index (χ1v) is 6.33. The number of phenolic OH excluding ortho intramolecular Hbond substituents is 1. The summed E-state index contributed by atoms with van der Waals surface area (Å²) in [7, 11) is 1.53. The molecular weight excluding hydrogens is 230 g/mol. The van der Waals surface area contributed by atoms with Gasteiger partial charge in [0.1, 0.15) is 0 Å². The lowest BCUT2D eigenvalue weighted by molar-refractivity contribution is 0.0323. The van der Waals surface area contributed by atoms with Gasteiger partial charge in [-0.25, -0.2) is 0 Å². The van der Waals surface area contributed by atoms with Gasteiger partial charge in [0.15, 0.2) is 11.5 Å². The lowest BCUT2D eigenvalue weighted by Gasteiger charge is -2.25. The SMILES string of the molecule is CCC(O)(CC)CNCc1ccc(O)c(OC)c1. The summed E-state index contributed by atoms with van der Waals surface area (Å²) in [5, 5.41) is 22.8. The van der Waals surface area contributed by atoms with Crippen molar-refractivity contribution < 1.29 is 14.9 Å². The molecule has 0 fully saturated rings. The molecule has 3 N–H and O–H groups in total. The number of aromatic hydroxyl groups is 1. The van der Waals surface area contributed by atoms with E-state index in [-0.39, 0.29) is 5.75 Å². The number of rotatable bonds is 7. The maximum absolute atomic E-state index is 10.1. The Hall–Kier alpha value is -1.26. The van der Waals surface area contributed by atoms with Gasteiger partial charge in [0.2, 0.25) is 0 Å². The molecule has 0 unspecified atom stereocenters. The summed E-state index contributed by atoms with van der Waals surface area (Å²) in [4.78, 5) is 0. The molecule has 0 saturated carbocycles. The predicted octanol–water partition coefficient (Wildman–Crippen LogP) is 2.04. The van der Waals surface area contributed by atoms with Gasteiger partial charge in [-0.15, -0.1) is 0 Å². The van der Waals surface area contributed by atoms with Gasteiger partial charge in [-0.2, -0.15) is 0 Å². The van der Waals surface area contributed by atoms with E-state index in [4.69, 9.17) is 4.74 Å². The average Bonchev–Trinajstić information content (AvgIpc) is 2.40. The maximum atomic E-state index is 10.1. The molecule has 0 aliphatic heterocycles. The second-order valence-electron chi connectivity index (χ2n) is 4.54. The normalized spacial score (nSPS) is 11.6. The van der Waals surface area contributed by atoms with Crippen LogP contribution >= 0.6 is 0 Å². The van der Waals surface area contributed by atoms with Gasteiger partial charge in [0, 0.05) is 13.1 Å². The van der Waals surface area contributed by atoms with E-state index >= 15 is 0 Å². The molecule has 0 atom stereocenters. The van der Waals surface area contributed by atoms with Crippen molar-refractivity contribution in [2.75, 3.05) is 13.7 Å². The molecule has 4 nitrogen and oxygen atoms in total. The van der Waals surface area contributed by atoms with Crippen LogP contribution in [0.2, 0.25) is 0 Å². The van der Waals surface area contributed by atoms with E-state index in [1.807, 2.05) is 19.9 Å². The van der Waals surface area contributed by atoms with Crippen molar-refractivity contribution in [2.24, 2.45) is 0 Å². The smallest absolute Gasteiger partial charge is 0.160 e. The predicted molar refractivity (Wildman–Crippen MR) is 71.9 cm³/mol. The van der Waals surface area contributed by atoms with E-state index in [9.17, 15) is 10.2 Å². The second-order valence-corrected chi connectivity index (χ2v) is 4.54. The zero-order chi connectivity index (χ0) is 13.6. The summed E-state index contributed by atoms with van der Waals surface area (Å²) < 4.78 is 5.05. The minimum atomic E-state index is -0.638. The summed E-state index contributed by atoms with van der Waals surface area (Å²) in [6.07, 6.45) is 1.46. The van der Waals surface area contributed by atoms with Crippen LogP contribution in [0.15, 0.2) is 18.2 Å². The van der Waals surface area contributed by atoms with Crippen molar-refractivity contribution in [3.8, 4) is 11.5 Å². The molecule has 4 heteroatoms. The van der Waals surface area contributed by atoms with Crippen LogP contribution in [0, 0.1) is 0 Å². The van der Waals surface area contributed by atoms with Gasteiger partial charge < -0.3 is 20.3 Å². The van der Waals surface area contributed by atoms with Crippen molar-refractivity contribution in [2.45, 2.75) is 38.8 Å². The van der Waals surface area contributed by atoms with Crippen LogP contribution in [0.3, 0.4) is 0 Å². The van der Waals surface area contributed by atoms with Gasteiger partial charge in [-0.1, -0.05) is 19.9 Å². The summed E-state index contributed by atoms with van der Waals surface area (Å²) in [6.45, 7) is 5.16. The lowest BCUT2D eigenvalue weighted by atomic mass is 9.97. The van der Waals surface area contributed by atoms with E-state index < -0.39 is 5.60 Å². The molecule has 0 aliphatic rings. The minimum Gasteiger partial charge on any atom is -0.504 e. The zero-order valence-corrected chi connectivity index (χ0v) is 11.4. The summed E-state index contributed by atoms with van der Waals surface area (Å²) >= 11 is 0. The largest absolute Gasteiger partial charge is 0.504 e. The Bertz CT molecular complexity index is 375. The third-order valence-electron chi connectivity index (χ3n) is 3.34. The highest BCUT2D eigenvalue weighted by atomic mass is 16.5. The van der Waals surface area contributed by atoms with E-state index in [2.05, 4.69) is 5.32 Å². The first-order valence-electron chi connectivity index (χ1n) is 6.33. The molecule has 0 radical (unpaired) electrons. The summed E-state index contributed by atoms with van der Waals surface area (Å²) in [5.74, 6) is 0.607. The van der Waals surface area contributed by atoms with Crippen molar-refractivity contribution in [1.82, 2.24) is 5.32 Å². The second kappa shape index (κ2) is 6.61. The quantitative estimate of drug-likeness (QED) is 0.696. The van der Waals surface area contributed by atoms with Gasteiger partial charge in [0.25, 0.3) is 0 Å². The highest BCUT2D eigenvalue weighted by Gasteiger charge is 2.21. The Morgan fingerprint density at radius 2 is 1.94 bits per heavy atom. The van der Waals surface area contributed by atoms with Crippen molar-refractivity contribution in [3.05, 3.63) is 23.8 Å². The van der Waals surface area contributed by atoms with E-state index in [1.54, 1.807) is 12.1 Å². The van der Waals surface area contributed by atoms with Gasteiger partial charge >= 0.3 is 0 Å². The van der Waals surface area contributed by atoms with Crippen LogP contribution in [0.4, 0.5) is 0 Å². The number of methoxy groups -OCH3 is 1. The Morgan fingerprint density at radius 3 is 2.50 bits per heavy atom. The van der Waals surface area contributed by atoms with Crippen LogP contribution in [-0.2, 0) is 6.54 Å². The molecule has 18 heavy (non-hydrogen) atoms.